The van der Waals surface area contributed by atoms with E-state index in [2.05, 4.69) is 5.32 Å². The van der Waals surface area contributed by atoms with Gasteiger partial charge in [0.25, 0.3) is 0 Å². The van der Waals surface area contributed by atoms with Gasteiger partial charge in [0.05, 0.1) is 0 Å². The van der Waals surface area contributed by atoms with Crippen LogP contribution in [0.5, 0.6) is 0 Å². The molecule has 0 aromatic heterocycles. The highest BCUT2D eigenvalue weighted by Crippen LogP contribution is 2.13. The quantitative estimate of drug-likeness (QED) is 0.684. The minimum atomic E-state index is -1.23. The molecule has 0 aliphatic carbocycles. The van der Waals surface area contributed by atoms with Crippen LogP contribution in [0.25, 0.3) is 0 Å². The molecule has 0 unspecified atom stereocenters. The number of aliphatic hydroxyl groups is 1. The zero-order valence-corrected chi connectivity index (χ0v) is 13.3. The Morgan fingerprint density at radius 1 is 1.14 bits per heavy atom. The lowest BCUT2D eigenvalue weighted by Gasteiger charge is -2.22. The van der Waals surface area contributed by atoms with Crippen molar-refractivity contribution in [2.24, 2.45) is 11.8 Å². The van der Waals surface area contributed by atoms with Gasteiger partial charge in [0.1, 0.15) is 12.1 Å². The molecule has 0 aliphatic rings. The Balaban J connectivity index is 2.61. The van der Waals surface area contributed by atoms with Gasteiger partial charge in [0.2, 0.25) is 5.91 Å². The number of aliphatic hydroxyl groups excluding tert-OH is 1. The normalized spacial score (nSPS) is 15.1. The van der Waals surface area contributed by atoms with Crippen LogP contribution in [0, 0.1) is 11.8 Å². The zero-order valence-electron chi connectivity index (χ0n) is 13.3. The van der Waals surface area contributed by atoms with Crippen LogP contribution in [0.1, 0.15) is 32.8 Å². The fourth-order valence-electron chi connectivity index (χ4n) is 2.31. The lowest BCUT2D eigenvalue weighted by atomic mass is 9.95. The molecule has 0 saturated heterocycles. The first kappa shape index (κ1) is 18.2. The molecule has 0 radical (unpaired) electrons. The maximum Gasteiger partial charge on any atom is 0.326 e. The van der Waals surface area contributed by atoms with E-state index < -0.39 is 24.0 Å². The van der Waals surface area contributed by atoms with Gasteiger partial charge >= 0.3 is 5.97 Å². The summed E-state index contributed by atoms with van der Waals surface area (Å²) >= 11 is 0. The SMILES string of the molecule is CC(C)C[C@H](NC(=O)[C@@H](O)[C@H](C)Cc1ccccc1)C(=O)O. The number of carbonyl (C=O) groups is 2. The maximum absolute atomic E-state index is 12.0. The number of aliphatic carboxylic acids is 1. The topological polar surface area (TPSA) is 86.6 Å². The van der Waals surface area contributed by atoms with Crippen molar-refractivity contribution in [1.82, 2.24) is 5.32 Å². The van der Waals surface area contributed by atoms with Gasteiger partial charge in [-0.05, 0) is 30.2 Å². The van der Waals surface area contributed by atoms with E-state index in [0.717, 1.165) is 5.56 Å². The van der Waals surface area contributed by atoms with E-state index in [9.17, 15) is 14.7 Å². The Morgan fingerprint density at radius 2 is 1.73 bits per heavy atom. The summed E-state index contributed by atoms with van der Waals surface area (Å²) in [5.41, 5.74) is 1.03. The van der Waals surface area contributed by atoms with Crippen molar-refractivity contribution in [3.05, 3.63) is 35.9 Å². The molecule has 0 aliphatic heterocycles. The van der Waals surface area contributed by atoms with E-state index >= 15 is 0 Å². The van der Waals surface area contributed by atoms with Gasteiger partial charge in [-0.2, -0.15) is 0 Å². The molecule has 5 heteroatoms. The number of hydrogen-bond donors (Lipinski definition) is 3. The van der Waals surface area contributed by atoms with Gasteiger partial charge in [-0.25, -0.2) is 4.79 Å². The average Bonchev–Trinajstić information content (AvgIpc) is 2.46. The molecule has 3 atom stereocenters. The third-order valence-electron chi connectivity index (χ3n) is 3.53. The van der Waals surface area contributed by atoms with Crippen LogP contribution in [0.3, 0.4) is 0 Å². The van der Waals surface area contributed by atoms with Gasteiger partial charge < -0.3 is 15.5 Å². The summed E-state index contributed by atoms with van der Waals surface area (Å²) in [4.78, 5) is 23.2. The molecule has 122 valence electrons. The third-order valence-corrected chi connectivity index (χ3v) is 3.53. The zero-order chi connectivity index (χ0) is 16.7. The van der Waals surface area contributed by atoms with Gasteiger partial charge in [-0.15, -0.1) is 0 Å². The van der Waals surface area contributed by atoms with Crippen molar-refractivity contribution in [2.75, 3.05) is 0 Å². The molecule has 3 N–H and O–H groups in total. The number of nitrogens with one attached hydrogen (secondary N) is 1. The second-order valence-electron chi connectivity index (χ2n) is 6.14. The van der Waals surface area contributed by atoms with E-state index in [1.807, 2.05) is 44.2 Å². The molecule has 1 aromatic carbocycles. The predicted molar refractivity (Wildman–Crippen MR) is 84.3 cm³/mol. The van der Waals surface area contributed by atoms with Crippen LogP contribution in [-0.4, -0.2) is 34.2 Å². The van der Waals surface area contributed by atoms with Gasteiger partial charge in [0.15, 0.2) is 0 Å². The summed E-state index contributed by atoms with van der Waals surface area (Å²) < 4.78 is 0. The molecule has 0 saturated carbocycles. The summed E-state index contributed by atoms with van der Waals surface area (Å²) in [7, 11) is 0. The van der Waals surface area contributed by atoms with E-state index in [1.165, 1.54) is 0 Å². The molecule has 1 amide bonds. The monoisotopic (exact) mass is 307 g/mol. The van der Waals surface area contributed by atoms with Crippen LogP contribution in [0.15, 0.2) is 30.3 Å². The van der Waals surface area contributed by atoms with Crippen LogP contribution in [0.4, 0.5) is 0 Å². The molecule has 5 nitrogen and oxygen atoms in total. The summed E-state index contributed by atoms with van der Waals surface area (Å²) in [6.45, 7) is 5.54. The molecular weight excluding hydrogens is 282 g/mol. The molecule has 0 fully saturated rings. The molecule has 1 rings (SSSR count). The first-order valence-corrected chi connectivity index (χ1v) is 7.56. The molecule has 1 aromatic rings. The van der Waals surface area contributed by atoms with E-state index in [1.54, 1.807) is 6.92 Å². The fraction of sp³-hybridized carbons (Fsp3) is 0.529. The molecular formula is C17H25NO4. The lowest BCUT2D eigenvalue weighted by molar-refractivity contribution is -0.144. The number of carbonyl (C=O) groups excluding carboxylic acids is 1. The minimum Gasteiger partial charge on any atom is -0.480 e. The number of rotatable bonds is 8. The maximum atomic E-state index is 12.0. The second kappa shape index (κ2) is 8.54. The van der Waals surface area contributed by atoms with Crippen LogP contribution < -0.4 is 5.32 Å². The highest BCUT2D eigenvalue weighted by atomic mass is 16.4. The van der Waals surface area contributed by atoms with E-state index in [-0.39, 0.29) is 11.8 Å². The summed E-state index contributed by atoms with van der Waals surface area (Å²) in [5, 5.41) is 21.7. The minimum absolute atomic E-state index is 0.139. The number of benzene rings is 1. The molecule has 22 heavy (non-hydrogen) atoms. The smallest absolute Gasteiger partial charge is 0.326 e. The third kappa shape index (κ3) is 5.85. The Bertz CT molecular complexity index is 487. The van der Waals surface area contributed by atoms with Crippen molar-refractivity contribution in [1.29, 1.82) is 0 Å². The number of carboxylic acids is 1. The largest absolute Gasteiger partial charge is 0.480 e. The first-order valence-electron chi connectivity index (χ1n) is 7.56. The fourth-order valence-corrected chi connectivity index (χ4v) is 2.31. The van der Waals surface area contributed by atoms with Crippen molar-refractivity contribution in [3.8, 4) is 0 Å². The van der Waals surface area contributed by atoms with Crippen LogP contribution in [-0.2, 0) is 16.0 Å². The van der Waals surface area contributed by atoms with Gasteiger partial charge in [0, 0.05) is 0 Å². The van der Waals surface area contributed by atoms with E-state index in [0.29, 0.717) is 12.8 Å². The second-order valence-corrected chi connectivity index (χ2v) is 6.14. The first-order chi connectivity index (χ1) is 10.3. The van der Waals surface area contributed by atoms with Crippen LogP contribution >= 0.6 is 0 Å². The van der Waals surface area contributed by atoms with Crippen molar-refractivity contribution >= 4 is 11.9 Å². The highest BCUT2D eigenvalue weighted by Gasteiger charge is 2.27. The van der Waals surface area contributed by atoms with Crippen molar-refractivity contribution in [2.45, 2.75) is 45.8 Å². The van der Waals surface area contributed by atoms with Crippen molar-refractivity contribution < 1.29 is 19.8 Å². The Labute approximate surface area is 131 Å². The van der Waals surface area contributed by atoms with E-state index in [4.69, 9.17) is 5.11 Å². The Hall–Kier alpha value is -1.88. The number of amides is 1. The standard InChI is InChI=1S/C17H25NO4/c1-11(2)9-14(17(21)22)18-16(20)15(19)12(3)10-13-7-5-4-6-8-13/h4-8,11-12,14-15,19H,9-10H2,1-3H3,(H,18,20)(H,21,22)/t12-,14+,15+/m1/s1. The van der Waals surface area contributed by atoms with Crippen molar-refractivity contribution in [3.63, 3.8) is 0 Å². The number of carboxylic acid groups (broad SMARTS) is 1. The molecule has 0 bridgehead atoms. The van der Waals surface area contributed by atoms with Gasteiger partial charge in [-0.1, -0.05) is 51.1 Å². The summed E-state index contributed by atoms with van der Waals surface area (Å²) in [6, 6.07) is 8.60. The Morgan fingerprint density at radius 3 is 2.23 bits per heavy atom. The van der Waals surface area contributed by atoms with Crippen LogP contribution in [0.2, 0.25) is 0 Å². The number of hydrogen-bond acceptors (Lipinski definition) is 3. The molecule has 0 spiro atoms. The lowest BCUT2D eigenvalue weighted by Crippen LogP contribution is -2.48. The average molecular weight is 307 g/mol. The Kier molecular flexibility index (Phi) is 7.05. The summed E-state index contributed by atoms with van der Waals surface area (Å²) in [6.07, 6.45) is -0.340. The summed E-state index contributed by atoms with van der Waals surface area (Å²) in [5.74, 6) is -1.86. The molecule has 0 heterocycles. The van der Waals surface area contributed by atoms with Gasteiger partial charge in [-0.3, -0.25) is 4.79 Å². The predicted octanol–water partition coefficient (Wildman–Crippen LogP) is 1.84. The highest BCUT2D eigenvalue weighted by molar-refractivity contribution is 5.86.